The molecule has 0 aliphatic rings. The predicted molar refractivity (Wildman–Crippen MR) is 100 cm³/mol. The summed E-state index contributed by atoms with van der Waals surface area (Å²) >= 11 is 1.13. The highest BCUT2D eigenvalue weighted by molar-refractivity contribution is 7.99. The molecule has 0 aliphatic heterocycles. The van der Waals surface area contributed by atoms with Crippen LogP contribution in [0.25, 0.3) is 11.1 Å². The van der Waals surface area contributed by atoms with Crippen LogP contribution in [0.2, 0.25) is 0 Å². The van der Waals surface area contributed by atoms with Gasteiger partial charge in [-0.2, -0.15) is 0 Å². The molecule has 1 amide bonds. The second kappa shape index (κ2) is 8.05. The van der Waals surface area contributed by atoms with Crippen molar-refractivity contribution in [3.8, 4) is 0 Å². The molecule has 7 heteroatoms. The summed E-state index contributed by atoms with van der Waals surface area (Å²) in [6.07, 6.45) is -0.896. The van der Waals surface area contributed by atoms with Crippen molar-refractivity contribution in [2.75, 3.05) is 11.1 Å². The van der Waals surface area contributed by atoms with Crippen LogP contribution in [0.3, 0.4) is 0 Å². The Morgan fingerprint density at radius 1 is 1.23 bits per heavy atom. The van der Waals surface area contributed by atoms with Gasteiger partial charge in [0, 0.05) is 5.69 Å². The largest absolute Gasteiger partial charge is 0.452 e. The molecule has 0 radical (unpaired) electrons. The van der Waals surface area contributed by atoms with E-state index < -0.39 is 12.1 Å². The molecule has 1 heterocycles. The fraction of sp³-hybridized carbons (Fsp3) is 0.211. The Balaban J connectivity index is 1.49. The third-order valence-corrected chi connectivity index (χ3v) is 4.35. The Labute approximate surface area is 154 Å². The molecule has 3 aromatic rings. The molecular weight excluding hydrogens is 352 g/mol. The number of esters is 1. The van der Waals surface area contributed by atoms with E-state index in [0.717, 1.165) is 22.8 Å². The van der Waals surface area contributed by atoms with Crippen molar-refractivity contribution >= 4 is 40.4 Å². The summed E-state index contributed by atoms with van der Waals surface area (Å²) in [7, 11) is 0. The van der Waals surface area contributed by atoms with Gasteiger partial charge in [0.25, 0.3) is 11.1 Å². The minimum absolute atomic E-state index is 0.00882. The average molecular weight is 370 g/mol. The number of carbonyl (C=O) groups excluding carboxylic acids is 2. The number of anilines is 1. The van der Waals surface area contributed by atoms with Gasteiger partial charge in [0.2, 0.25) is 0 Å². The van der Waals surface area contributed by atoms with Crippen LogP contribution in [-0.2, 0) is 14.3 Å². The van der Waals surface area contributed by atoms with Crippen LogP contribution in [0.1, 0.15) is 12.5 Å². The predicted octanol–water partition coefficient (Wildman–Crippen LogP) is 3.80. The number of nitrogens with one attached hydrogen (secondary N) is 1. The van der Waals surface area contributed by atoms with Gasteiger partial charge < -0.3 is 14.5 Å². The third kappa shape index (κ3) is 4.64. The van der Waals surface area contributed by atoms with Gasteiger partial charge in [0.15, 0.2) is 11.7 Å². The highest BCUT2D eigenvalue weighted by Gasteiger charge is 2.19. The number of carbonyl (C=O) groups is 2. The van der Waals surface area contributed by atoms with Gasteiger partial charge in [0.1, 0.15) is 11.3 Å². The maximum absolute atomic E-state index is 12.1. The molecule has 0 saturated carbocycles. The van der Waals surface area contributed by atoms with Gasteiger partial charge in [-0.3, -0.25) is 9.59 Å². The zero-order valence-electron chi connectivity index (χ0n) is 14.4. The van der Waals surface area contributed by atoms with E-state index in [1.54, 1.807) is 6.07 Å². The standard InChI is InChI=1S/C19H18N2O4S/c1-12-6-5-7-14(10-12)20-18(23)13(2)24-17(22)11-26-19-21-15-8-3-4-9-16(15)25-19/h3-10,13H,11H2,1-2H3,(H,20,23)/t13-/m1/s1. The maximum atomic E-state index is 12.1. The second-order valence-corrected chi connectivity index (χ2v) is 6.65. The summed E-state index contributed by atoms with van der Waals surface area (Å²) in [6, 6.07) is 14.8. The molecule has 0 saturated heterocycles. The Morgan fingerprint density at radius 3 is 2.81 bits per heavy atom. The Kier molecular flexibility index (Phi) is 5.58. The summed E-state index contributed by atoms with van der Waals surface area (Å²) in [5.74, 6) is -0.880. The molecule has 3 rings (SSSR count). The first-order chi connectivity index (χ1) is 12.5. The number of ether oxygens (including phenoxy) is 1. The number of thioether (sulfide) groups is 1. The molecule has 0 spiro atoms. The second-order valence-electron chi connectivity index (χ2n) is 5.73. The molecule has 2 aromatic carbocycles. The van der Waals surface area contributed by atoms with Crippen molar-refractivity contribution in [1.82, 2.24) is 4.98 Å². The SMILES string of the molecule is Cc1cccc(NC(=O)[C@@H](C)OC(=O)CSc2nc3ccccc3o2)c1. The number of hydrogen-bond donors (Lipinski definition) is 1. The lowest BCUT2D eigenvalue weighted by atomic mass is 10.2. The summed E-state index contributed by atoms with van der Waals surface area (Å²) in [5, 5.41) is 3.11. The lowest BCUT2D eigenvalue weighted by Crippen LogP contribution is -2.30. The minimum Gasteiger partial charge on any atom is -0.452 e. The zero-order chi connectivity index (χ0) is 18.5. The van der Waals surface area contributed by atoms with E-state index in [2.05, 4.69) is 10.3 Å². The van der Waals surface area contributed by atoms with Crippen LogP contribution < -0.4 is 5.32 Å². The molecule has 0 unspecified atom stereocenters. The number of hydrogen-bond acceptors (Lipinski definition) is 6. The van der Waals surface area contributed by atoms with E-state index in [1.807, 2.05) is 49.4 Å². The monoisotopic (exact) mass is 370 g/mol. The topological polar surface area (TPSA) is 81.4 Å². The van der Waals surface area contributed by atoms with E-state index in [1.165, 1.54) is 6.92 Å². The Bertz CT molecular complexity index is 905. The molecule has 0 fully saturated rings. The van der Waals surface area contributed by atoms with E-state index in [-0.39, 0.29) is 11.7 Å². The summed E-state index contributed by atoms with van der Waals surface area (Å²) in [4.78, 5) is 28.4. The van der Waals surface area contributed by atoms with Crippen molar-refractivity contribution in [2.24, 2.45) is 0 Å². The number of aryl methyl sites for hydroxylation is 1. The molecule has 1 aromatic heterocycles. The lowest BCUT2D eigenvalue weighted by Gasteiger charge is -2.13. The van der Waals surface area contributed by atoms with Crippen molar-refractivity contribution in [3.05, 3.63) is 54.1 Å². The minimum atomic E-state index is -0.896. The average Bonchev–Trinajstić information content (AvgIpc) is 3.03. The van der Waals surface area contributed by atoms with Gasteiger partial charge in [-0.05, 0) is 43.7 Å². The van der Waals surface area contributed by atoms with Gasteiger partial charge in [-0.1, -0.05) is 36.0 Å². The zero-order valence-corrected chi connectivity index (χ0v) is 15.2. The number of oxazole rings is 1. The highest BCUT2D eigenvalue weighted by Crippen LogP contribution is 2.23. The van der Waals surface area contributed by atoms with Gasteiger partial charge in [0.05, 0.1) is 0 Å². The van der Waals surface area contributed by atoms with Gasteiger partial charge >= 0.3 is 5.97 Å². The van der Waals surface area contributed by atoms with Crippen LogP contribution in [0.15, 0.2) is 58.2 Å². The van der Waals surface area contributed by atoms with Crippen molar-refractivity contribution in [3.63, 3.8) is 0 Å². The summed E-state index contributed by atoms with van der Waals surface area (Å²) < 4.78 is 10.7. The first-order valence-electron chi connectivity index (χ1n) is 8.06. The van der Waals surface area contributed by atoms with Crippen molar-refractivity contribution in [1.29, 1.82) is 0 Å². The lowest BCUT2D eigenvalue weighted by molar-refractivity contribution is -0.150. The van der Waals surface area contributed by atoms with Crippen LogP contribution in [0.4, 0.5) is 5.69 Å². The normalized spacial score (nSPS) is 11.9. The molecule has 134 valence electrons. The number of rotatable bonds is 6. The van der Waals surface area contributed by atoms with E-state index in [9.17, 15) is 9.59 Å². The van der Waals surface area contributed by atoms with Crippen molar-refractivity contribution < 1.29 is 18.7 Å². The number of nitrogens with zero attached hydrogens (tertiary/aromatic N) is 1. The van der Waals surface area contributed by atoms with E-state index in [4.69, 9.17) is 9.15 Å². The first-order valence-corrected chi connectivity index (χ1v) is 9.05. The fourth-order valence-electron chi connectivity index (χ4n) is 2.28. The number of para-hydroxylation sites is 2. The molecule has 26 heavy (non-hydrogen) atoms. The Morgan fingerprint density at radius 2 is 2.04 bits per heavy atom. The molecular formula is C19H18N2O4S. The quantitative estimate of drug-likeness (QED) is 0.525. The first kappa shape index (κ1) is 18.0. The maximum Gasteiger partial charge on any atom is 0.317 e. The van der Waals surface area contributed by atoms with Crippen LogP contribution in [0.5, 0.6) is 0 Å². The van der Waals surface area contributed by atoms with Gasteiger partial charge in [-0.25, -0.2) is 4.98 Å². The molecule has 1 N–H and O–H groups in total. The van der Waals surface area contributed by atoms with Crippen LogP contribution in [-0.4, -0.2) is 28.7 Å². The van der Waals surface area contributed by atoms with E-state index >= 15 is 0 Å². The van der Waals surface area contributed by atoms with Crippen molar-refractivity contribution in [2.45, 2.75) is 25.2 Å². The number of fused-ring (bicyclic) bond motifs is 1. The van der Waals surface area contributed by atoms with Gasteiger partial charge in [-0.15, -0.1) is 0 Å². The van der Waals surface area contributed by atoms with E-state index in [0.29, 0.717) is 16.5 Å². The van der Waals surface area contributed by atoms with Crippen LogP contribution >= 0.6 is 11.8 Å². The highest BCUT2D eigenvalue weighted by atomic mass is 32.2. The number of aromatic nitrogens is 1. The van der Waals surface area contributed by atoms with Crippen LogP contribution in [0, 0.1) is 6.92 Å². The molecule has 1 atom stereocenters. The third-order valence-electron chi connectivity index (χ3n) is 3.55. The Hall–Kier alpha value is -2.80. The smallest absolute Gasteiger partial charge is 0.317 e. The molecule has 0 bridgehead atoms. The summed E-state index contributed by atoms with van der Waals surface area (Å²) in [5.41, 5.74) is 3.09. The number of benzene rings is 2. The number of amides is 1. The summed E-state index contributed by atoms with van der Waals surface area (Å²) in [6.45, 7) is 3.47. The molecule has 0 aliphatic carbocycles. The fourth-order valence-corrected chi connectivity index (χ4v) is 2.91. The molecule has 6 nitrogen and oxygen atoms in total.